The fourth-order valence-electron chi connectivity index (χ4n) is 0.262. The molecule has 30 valence electrons. The van der Waals surface area contributed by atoms with Crippen molar-refractivity contribution in [1.82, 2.24) is 0 Å². The highest BCUT2D eigenvalue weighted by Crippen LogP contribution is 2.01. The van der Waals surface area contributed by atoms with E-state index in [0.717, 1.165) is 6.42 Å². The first-order valence-electron chi connectivity index (χ1n) is 1.74. The highest BCUT2D eigenvalue weighted by molar-refractivity contribution is 4.43. The van der Waals surface area contributed by atoms with E-state index >= 15 is 0 Å². The Morgan fingerprint density at radius 2 is 1.80 bits per heavy atom. The van der Waals surface area contributed by atoms with Crippen LogP contribution in [0.2, 0.25) is 0 Å². The highest BCUT2D eigenvalue weighted by Gasteiger charge is 2.09. The van der Waals surface area contributed by atoms with Crippen LogP contribution in [0.15, 0.2) is 0 Å². The molecule has 1 saturated heterocycles. The van der Waals surface area contributed by atoms with E-state index in [4.69, 9.17) is 0 Å². The lowest BCUT2D eigenvalue weighted by molar-refractivity contribution is -0.815. The Morgan fingerprint density at radius 1 is 1.40 bits per heavy atom. The summed E-state index contributed by atoms with van der Waals surface area (Å²) in [5, 5.41) is 9.73. The third kappa shape index (κ3) is 0.412. The van der Waals surface area contributed by atoms with Crippen molar-refractivity contribution < 1.29 is 9.78 Å². The van der Waals surface area contributed by atoms with Crippen LogP contribution in [0, 0.1) is 0 Å². The molecule has 0 aromatic rings. The molecule has 5 heavy (non-hydrogen) atoms. The molecule has 0 amide bonds. The SMILES string of the molecule is [O-][O+]1CCC1. The van der Waals surface area contributed by atoms with E-state index in [1.165, 1.54) is 0 Å². The van der Waals surface area contributed by atoms with Crippen LogP contribution < -0.4 is 5.26 Å². The molecule has 0 aliphatic carbocycles. The Kier molecular flexibility index (Phi) is 0.596. The second-order valence-corrected chi connectivity index (χ2v) is 1.20. The van der Waals surface area contributed by atoms with Crippen LogP contribution in [0.3, 0.4) is 0 Å². The Balaban J connectivity index is 2.08. The number of rotatable bonds is 0. The third-order valence-corrected chi connectivity index (χ3v) is 0.744. The Hall–Kier alpha value is -0.0800. The van der Waals surface area contributed by atoms with E-state index in [0.29, 0.717) is 13.2 Å². The van der Waals surface area contributed by atoms with Crippen LogP contribution in [-0.4, -0.2) is 13.2 Å². The van der Waals surface area contributed by atoms with E-state index < -0.39 is 0 Å². The molecule has 2 nitrogen and oxygen atoms in total. The largest absolute Gasteiger partial charge is 0.534 e. The van der Waals surface area contributed by atoms with Crippen LogP contribution in [0.5, 0.6) is 0 Å². The van der Waals surface area contributed by atoms with Crippen molar-refractivity contribution in [2.75, 3.05) is 13.2 Å². The second-order valence-electron chi connectivity index (χ2n) is 1.20. The zero-order chi connectivity index (χ0) is 3.70. The molecule has 1 heterocycles. The third-order valence-electron chi connectivity index (χ3n) is 0.744. The average Bonchev–Trinajstić information content (AvgIpc) is 1.30. The van der Waals surface area contributed by atoms with Crippen LogP contribution in [0.25, 0.3) is 0 Å². The highest BCUT2D eigenvalue weighted by atomic mass is 17.2. The van der Waals surface area contributed by atoms with Crippen molar-refractivity contribution >= 4 is 0 Å². The van der Waals surface area contributed by atoms with Crippen LogP contribution >= 0.6 is 0 Å². The molecule has 0 radical (unpaired) electrons. The van der Waals surface area contributed by atoms with Gasteiger partial charge in [-0.2, -0.15) is 0 Å². The number of hydrogen-bond donors (Lipinski definition) is 0. The zero-order valence-electron chi connectivity index (χ0n) is 2.94. The fraction of sp³-hybridized carbons (Fsp3) is 1.00. The van der Waals surface area contributed by atoms with E-state index in [1.807, 2.05) is 0 Å². The summed E-state index contributed by atoms with van der Waals surface area (Å²) < 4.78 is 1.68. The predicted octanol–water partition coefficient (Wildman–Crippen LogP) is -0.782. The first-order valence-corrected chi connectivity index (χ1v) is 1.74. The Bertz CT molecular complexity index is 31.9. The minimum absolute atomic E-state index is 0.681. The van der Waals surface area contributed by atoms with Gasteiger partial charge in [-0.25, -0.2) is 0 Å². The normalized spacial score (nSPS) is 25.8. The van der Waals surface area contributed by atoms with Crippen molar-refractivity contribution in [3.63, 3.8) is 0 Å². The van der Waals surface area contributed by atoms with Crippen LogP contribution in [-0.2, 0) is 4.52 Å². The van der Waals surface area contributed by atoms with Gasteiger partial charge in [0.2, 0.25) is 0 Å². The maximum atomic E-state index is 9.73. The van der Waals surface area contributed by atoms with Gasteiger partial charge in [-0.3, -0.25) is 0 Å². The monoisotopic (exact) mass is 74.0 g/mol. The molecule has 0 aromatic heterocycles. The molecule has 0 saturated carbocycles. The van der Waals surface area contributed by atoms with Crippen LogP contribution in [0.1, 0.15) is 6.42 Å². The summed E-state index contributed by atoms with van der Waals surface area (Å²) >= 11 is 0. The summed E-state index contributed by atoms with van der Waals surface area (Å²) in [6, 6.07) is 0. The molecule has 1 aliphatic rings. The lowest BCUT2D eigenvalue weighted by Gasteiger charge is -2.27. The van der Waals surface area contributed by atoms with Gasteiger partial charge >= 0.3 is 0 Å². The van der Waals surface area contributed by atoms with Gasteiger partial charge in [0, 0.05) is 0 Å². The smallest absolute Gasteiger partial charge is 0.158 e. The molecular weight excluding hydrogens is 68.0 g/mol. The van der Waals surface area contributed by atoms with E-state index in [2.05, 4.69) is 0 Å². The lowest BCUT2D eigenvalue weighted by atomic mass is 10.4. The van der Waals surface area contributed by atoms with Crippen molar-refractivity contribution in [1.29, 1.82) is 0 Å². The van der Waals surface area contributed by atoms with E-state index in [9.17, 15) is 5.26 Å². The van der Waals surface area contributed by atoms with Crippen molar-refractivity contribution in [2.24, 2.45) is 0 Å². The molecule has 0 unspecified atom stereocenters. The maximum Gasteiger partial charge on any atom is 0.158 e. The van der Waals surface area contributed by atoms with Gasteiger partial charge in [-0.1, -0.05) is 0 Å². The van der Waals surface area contributed by atoms with Gasteiger partial charge in [0.25, 0.3) is 0 Å². The van der Waals surface area contributed by atoms with Gasteiger partial charge in [-0.15, -0.1) is 0 Å². The molecule has 0 aromatic carbocycles. The van der Waals surface area contributed by atoms with Crippen molar-refractivity contribution in [2.45, 2.75) is 6.42 Å². The van der Waals surface area contributed by atoms with Crippen molar-refractivity contribution in [3.05, 3.63) is 0 Å². The maximum absolute atomic E-state index is 9.73. The summed E-state index contributed by atoms with van der Waals surface area (Å²) in [5.41, 5.74) is 0. The van der Waals surface area contributed by atoms with Gasteiger partial charge in [0.05, 0.1) is 6.42 Å². The summed E-state index contributed by atoms with van der Waals surface area (Å²) in [6.45, 7) is 1.36. The zero-order valence-corrected chi connectivity index (χ0v) is 2.94. The van der Waals surface area contributed by atoms with E-state index in [1.54, 1.807) is 4.52 Å². The molecule has 0 spiro atoms. The quantitative estimate of drug-likeness (QED) is 0.273. The molecule has 0 bridgehead atoms. The predicted molar refractivity (Wildman–Crippen MR) is 15.4 cm³/mol. The number of hydrogen-bond acceptors (Lipinski definition) is 1. The van der Waals surface area contributed by atoms with Gasteiger partial charge in [-0.05, 0) is 0 Å². The summed E-state index contributed by atoms with van der Waals surface area (Å²) in [7, 11) is 0. The first-order chi connectivity index (χ1) is 2.39. The van der Waals surface area contributed by atoms with E-state index in [-0.39, 0.29) is 0 Å². The standard InChI is InChI=1S/C3H6O2/c4-5-2-1-3-5/h1-3H2. The minimum Gasteiger partial charge on any atom is -0.534 e. The molecule has 1 fully saturated rings. The van der Waals surface area contributed by atoms with Crippen LogP contribution in [0.4, 0.5) is 0 Å². The summed E-state index contributed by atoms with van der Waals surface area (Å²) in [4.78, 5) is 0. The minimum atomic E-state index is 0.681. The molecular formula is C3H6O2. The second kappa shape index (κ2) is 0.954. The lowest BCUT2D eigenvalue weighted by Crippen LogP contribution is -2.37. The molecule has 1 rings (SSSR count). The molecule has 1 aliphatic heterocycles. The van der Waals surface area contributed by atoms with Crippen molar-refractivity contribution in [3.8, 4) is 0 Å². The Morgan fingerprint density at radius 3 is 1.80 bits per heavy atom. The Labute approximate surface area is 30.6 Å². The van der Waals surface area contributed by atoms with Gasteiger partial charge < -0.3 is 9.78 Å². The molecule has 2 heteroatoms. The summed E-state index contributed by atoms with van der Waals surface area (Å²) in [6.07, 6.45) is 1.06. The fourth-order valence-corrected chi connectivity index (χ4v) is 0.262. The first kappa shape index (κ1) is 3.12. The average molecular weight is 74.1 g/mol. The summed E-state index contributed by atoms with van der Waals surface area (Å²) in [5.74, 6) is 0. The van der Waals surface area contributed by atoms with Gasteiger partial charge in [0.15, 0.2) is 13.2 Å². The molecule has 0 atom stereocenters. The molecule has 0 N–H and O–H groups in total. The van der Waals surface area contributed by atoms with Gasteiger partial charge in [0.1, 0.15) is 0 Å². The topological polar surface area (TPSA) is 25.8 Å².